The third-order valence-electron chi connectivity index (χ3n) is 3.04. The maximum Gasteiger partial charge on any atom is 0.00426 e. The molecule has 14 heavy (non-hydrogen) atoms. The molecule has 0 radical (unpaired) electrons. The fourth-order valence-corrected chi connectivity index (χ4v) is 2.65. The van der Waals surface area contributed by atoms with E-state index in [-0.39, 0.29) is 0 Å². The average molecular weight is 217 g/mol. The van der Waals surface area contributed by atoms with Crippen LogP contribution >= 0.6 is 12.6 Å². The van der Waals surface area contributed by atoms with E-state index in [2.05, 4.69) is 45.3 Å². The maximum absolute atomic E-state index is 4.56. The van der Waals surface area contributed by atoms with Gasteiger partial charge in [0, 0.05) is 6.54 Å². The molecule has 0 rings (SSSR count). The Hall–Kier alpha value is 0.310. The van der Waals surface area contributed by atoms with Crippen molar-refractivity contribution < 1.29 is 0 Å². The van der Waals surface area contributed by atoms with Crippen LogP contribution in [0.25, 0.3) is 0 Å². The molecule has 0 amide bonds. The Labute approximate surface area is 95.7 Å². The lowest BCUT2D eigenvalue weighted by molar-refractivity contribution is 0.175. The van der Waals surface area contributed by atoms with Gasteiger partial charge in [0.15, 0.2) is 0 Å². The molecule has 1 nitrogen and oxygen atoms in total. The number of rotatable bonds is 8. The summed E-state index contributed by atoms with van der Waals surface area (Å²) < 4.78 is 0. The quantitative estimate of drug-likeness (QED) is 0.609. The largest absolute Gasteiger partial charge is 0.306 e. The van der Waals surface area contributed by atoms with Gasteiger partial charge in [-0.2, -0.15) is 12.6 Å². The second-order valence-electron chi connectivity index (χ2n) is 4.49. The van der Waals surface area contributed by atoms with Crippen LogP contribution in [-0.2, 0) is 0 Å². The molecule has 0 N–H and O–H groups in total. The molecule has 0 fully saturated rings. The number of hydrogen-bond donors (Lipinski definition) is 1. The van der Waals surface area contributed by atoms with Gasteiger partial charge < -0.3 is 4.90 Å². The van der Waals surface area contributed by atoms with E-state index in [1.54, 1.807) is 0 Å². The van der Waals surface area contributed by atoms with Crippen LogP contribution in [0.4, 0.5) is 0 Å². The molecular formula is C12H27NS. The van der Waals surface area contributed by atoms with Crippen LogP contribution in [0.1, 0.15) is 46.5 Å². The van der Waals surface area contributed by atoms with Gasteiger partial charge in [0.2, 0.25) is 0 Å². The van der Waals surface area contributed by atoms with Gasteiger partial charge in [0.05, 0.1) is 0 Å². The third-order valence-corrected chi connectivity index (χ3v) is 3.71. The summed E-state index contributed by atoms with van der Waals surface area (Å²) in [5, 5.41) is 0. The number of nitrogens with zero attached hydrogens (tertiary/aromatic N) is 1. The maximum atomic E-state index is 4.56. The highest BCUT2D eigenvalue weighted by Gasteiger charge is 2.27. The van der Waals surface area contributed by atoms with Crippen LogP contribution in [-0.4, -0.2) is 30.8 Å². The highest BCUT2D eigenvalue weighted by molar-refractivity contribution is 7.80. The van der Waals surface area contributed by atoms with Crippen molar-refractivity contribution in [1.82, 2.24) is 4.90 Å². The lowest BCUT2D eigenvalue weighted by atomic mass is 9.80. The standard InChI is InChI=1S/C12H27NS/c1-5-8-12(11-14,9-6-2)10-13(4)7-3/h14H,5-11H2,1-4H3. The van der Waals surface area contributed by atoms with Crippen LogP contribution in [0.2, 0.25) is 0 Å². The molecule has 0 aliphatic rings. The molecule has 0 unspecified atom stereocenters. The summed E-state index contributed by atoms with van der Waals surface area (Å²) in [5.74, 6) is 1.03. The zero-order chi connectivity index (χ0) is 11.0. The summed E-state index contributed by atoms with van der Waals surface area (Å²) in [5.41, 5.74) is 0.456. The minimum atomic E-state index is 0.456. The van der Waals surface area contributed by atoms with Gasteiger partial charge in [-0.05, 0) is 37.6 Å². The van der Waals surface area contributed by atoms with Crippen LogP contribution < -0.4 is 0 Å². The van der Waals surface area contributed by atoms with Gasteiger partial charge in [0.25, 0.3) is 0 Å². The monoisotopic (exact) mass is 217 g/mol. The van der Waals surface area contributed by atoms with Crippen molar-refractivity contribution in [3.63, 3.8) is 0 Å². The first kappa shape index (κ1) is 14.3. The normalized spacial score (nSPS) is 12.4. The lowest BCUT2D eigenvalue weighted by Gasteiger charge is -2.35. The second-order valence-corrected chi connectivity index (χ2v) is 4.80. The summed E-state index contributed by atoms with van der Waals surface area (Å²) in [6, 6.07) is 0. The van der Waals surface area contributed by atoms with Gasteiger partial charge in [-0.1, -0.05) is 33.6 Å². The fourth-order valence-electron chi connectivity index (χ4n) is 2.24. The smallest absolute Gasteiger partial charge is 0.00426 e. The molecular weight excluding hydrogens is 190 g/mol. The van der Waals surface area contributed by atoms with E-state index in [1.165, 1.54) is 32.2 Å². The molecule has 86 valence electrons. The van der Waals surface area contributed by atoms with Crippen molar-refractivity contribution in [2.75, 3.05) is 25.9 Å². The Balaban J connectivity index is 4.31. The van der Waals surface area contributed by atoms with E-state index in [1.807, 2.05) is 0 Å². The Morgan fingerprint density at radius 2 is 1.57 bits per heavy atom. The van der Waals surface area contributed by atoms with Crippen LogP contribution in [0.3, 0.4) is 0 Å². The molecule has 0 aromatic rings. The Morgan fingerprint density at radius 1 is 1.07 bits per heavy atom. The summed E-state index contributed by atoms with van der Waals surface area (Å²) >= 11 is 4.56. The predicted octanol–water partition coefficient (Wildman–Crippen LogP) is 3.45. The number of thiol groups is 1. The van der Waals surface area contributed by atoms with Crippen molar-refractivity contribution in [2.45, 2.75) is 46.5 Å². The van der Waals surface area contributed by atoms with Crippen LogP contribution in [0, 0.1) is 5.41 Å². The molecule has 0 heterocycles. The Kier molecular flexibility index (Phi) is 7.75. The molecule has 2 heteroatoms. The Bertz CT molecular complexity index is 130. The number of hydrogen-bond acceptors (Lipinski definition) is 2. The SMILES string of the molecule is CCCC(CS)(CCC)CN(C)CC. The summed E-state index contributed by atoms with van der Waals surface area (Å²) in [7, 11) is 2.21. The van der Waals surface area contributed by atoms with E-state index in [4.69, 9.17) is 0 Å². The van der Waals surface area contributed by atoms with Crippen molar-refractivity contribution in [3.8, 4) is 0 Å². The third kappa shape index (κ3) is 4.70. The lowest BCUT2D eigenvalue weighted by Crippen LogP contribution is -2.37. The molecule has 0 aromatic carbocycles. The predicted molar refractivity (Wildman–Crippen MR) is 69.3 cm³/mol. The molecule has 0 saturated carbocycles. The first-order chi connectivity index (χ1) is 6.64. The van der Waals surface area contributed by atoms with E-state index < -0.39 is 0 Å². The molecule has 0 atom stereocenters. The molecule has 0 spiro atoms. The topological polar surface area (TPSA) is 3.24 Å². The van der Waals surface area contributed by atoms with Crippen molar-refractivity contribution in [3.05, 3.63) is 0 Å². The van der Waals surface area contributed by atoms with Crippen molar-refractivity contribution in [2.24, 2.45) is 5.41 Å². The van der Waals surface area contributed by atoms with Gasteiger partial charge in [-0.15, -0.1) is 0 Å². The molecule has 0 aromatic heterocycles. The van der Waals surface area contributed by atoms with Crippen LogP contribution in [0.5, 0.6) is 0 Å². The van der Waals surface area contributed by atoms with Gasteiger partial charge in [-0.3, -0.25) is 0 Å². The zero-order valence-electron chi connectivity index (χ0n) is 10.3. The van der Waals surface area contributed by atoms with Gasteiger partial charge >= 0.3 is 0 Å². The first-order valence-electron chi connectivity index (χ1n) is 5.93. The minimum Gasteiger partial charge on any atom is -0.306 e. The highest BCUT2D eigenvalue weighted by Crippen LogP contribution is 2.31. The van der Waals surface area contributed by atoms with Crippen molar-refractivity contribution in [1.29, 1.82) is 0 Å². The van der Waals surface area contributed by atoms with Gasteiger partial charge in [-0.25, -0.2) is 0 Å². The molecule has 0 saturated heterocycles. The molecule has 0 aliphatic carbocycles. The van der Waals surface area contributed by atoms with Crippen molar-refractivity contribution >= 4 is 12.6 Å². The van der Waals surface area contributed by atoms with E-state index in [0.717, 1.165) is 12.3 Å². The first-order valence-corrected chi connectivity index (χ1v) is 6.56. The van der Waals surface area contributed by atoms with E-state index >= 15 is 0 Å². The summed E-state index contributed by atoms with van der Waals surface area (Å²) in [6.07, 6.45) is 5.18. The highest BCUT2D eigenvalue weighted by atomic mass is 32.1. The molecule has 0 bridgehead atoms. The van der Waals surface area contributed by atoms with Crippen LogP contribution in [0.15, 0.2) is 0 Å². The Morgan fingerprint density at radius 3 is 1.86 bits per heavy atom. The second kappa shape index (κ2) is 7.58. The summed E-state index contributed by atoms with van der Waals surface area (Å²) in [4.78, 5) is 2.42. The summed E-state index contributed by atoms with van der Waals surface area (Å²) in [6.45, 7) is 9.12. The fraction of sp³-hybridized carbons (Fsp3) is 1.00. The minimum absolute atomic E-state index is 0.456. The average Bonchev–Trinajstić information content (AvgIpc) is 2.18. The molecule has 0 aliphatic heterocycles. The van der Waals surface area contributed by atoms with E-state index in [0.29, 0.717) is 5.41 Å². The van der Waals surface area contributed by atoms with E-state index in [9.17, 15) is 0 Å². The van der Waals surface area contributed by atoms with Gasteiger partial charge in [0.1, 0.15) is 0 Å². The zero-order valence-corrected chi connectivity index (χ0v) is 11.2.